The first-order valence-electron chi connectivity index (χ1n) is 6.46. The third-order valence-electron chi connectivity index (χ3n) is 2.75. The van der Waals surface area contributed by atoms with E-state index in [2.05, 4.69) is 11.8 Å². The van der Waals surface area contributed by atoms with E-state index in [1.165, 1.54) is 16.4 Å². The van der Waals surface area contributed by atoms with Gasteiger partial charge in [0.15, 0.2) is 0 Å². The summed E-state index contributed by atoms with van der Waals surface area (Å²) >= 11 is 0. The largest absolute Gasteiger partial charge is 0.396 e. The summed E-state index contributed by atoms with van der Waals surface area (Å²) in [6.07, 6.45) is 0.424. The second-order valence-electron chi connectivity index (χ2n) is 4.10. The van der Waals surface area contributed by atoms with E-state index in [0.717, 1.165) is 5.56 Å². The van der Waals surface area contributed by atoms with Crippen LogP contribution in [0.1, 0.15) is 18.9 Å². The van der Waals surface area contributed by atoms with Crippen LogP contribution in [0.2, 0.25) is 0 Å². The zero-order valence-corrected chi connectivity index (χ0v) is 12.4. The van der Waals surface area contributed by atoms with E-state index in [0.29, 0.717) is 19.5 Å². The number of nitrogens with two attached hydrogens (primary N) is 1. The number of aliphatic hydroxyl groups excluding tert-OH is 1. The molecule has 0 saturated carbocycles. The summed E-state index contributed by atoms with van der Waals surface area (Å²) in [5, 5.41) is 8.82. The molecule has 1 aromatic carbocycles. The van der Waals surface area contributed by atoms with Gasteiger partial charge in [-0.3, -0.25) is 0 Å². The first kappa shape index (κ1) is 16.7. The molecule has 0 aliphatic carbocycles. The molecule has 0 fully saturated rings. The highest BCUT2D eigenvalue weighted by atomic mass is 32.2. The Labute approximate surface area is 120 Å². The summed E-state index contributed by atoms with van der Waals surface area (Å²) in [5.41, 5.74) is 6.01. The van der Waals surface area contributed by atoms with Crippen LogP contribution >= 0.6 is 0 Å². The second-order valence-corrected chi connectivity index (χ2v) is 6.04. The van der Waals surface area contributed by atoms with Crippen LogP contribution in [0.15, 0.2) is 29.2 Å². The number of hydrogen-bond donors (Lipinski definition) is 2. The standard InChI is InChI=1S/C14H20N2O3S/c1-2-16(11-4-12-17)20(18,19)14-8-6-13(7-9-14)5-3-10-15/h6-9,17H,2,4,10-12,15H2,1H3. The first-order valence-corrected chi connectivity index (χ1v) is 7.90. The topological polar surface area (TPSA) is 83.6 Å². The Bertz CT molecular complexity index is 571. The van der Waals surface area contributed by atoms with E-state index in [4.69, 9.17) is 10.8 Å². The van der Waals surface area contributed by atoms with Gasteiger partial charge in [0.25, 0.3) is 0 Å². The van der Waals surface area contributed by atoms with E-state index >= 15 is 0 Å². The highest BCUT2D eigenvalue weighted by molar-refractivity contribution is 7.89. The zero-order chi connectivity index (χ0) is 15.0. The van der Waals surface area contributed by atoms with Crippen molar-refractivity contribution in [2.45, 2.75) is 18.2 Å². The van der Waals surface area contributed by atoms with Gasteiger partial charge in [-0.1, -0.05) is 18.8 Å². The molecule has 1 rings (SSSR count). The van der Waals surface area contributed by atoms with Crippen molar-refractivity contribution >= 4 is 10.0 Å². The van der Waals surface area contributed by atoms with Crippen molar-refractivity contribution in [3.8, 4) is 11.8 Å². The van der Waals surface area contributed by atoms with Crippen LogP contribution < -0.4 is 5.73 Å². The van der Waals surface area contributed by atoms with Crippen LogP contribution in [0, 0.1) is 11.8 Å². The second kappa shape index (κ2) is 8.02. The van der Waals surface area contributed by atoms with Gasteiger partial charge < -0.3 is 10.8 Å². The number of benzene rings is 1. The molecule has 0 aliphatic heterocycles. The molecule has 0 spiro atoms. The number of aliphatic hydroxyl groups is 1. The van der Waals surface area contributed by atoms with Gasteiger partial charge >= 0.3 is 0 Å². The van der Waals surface area contributed by atoms with Crippen molar-refractivity contribution < 1.29 is 13.5 Å². The monoisotopic (exact) mass is 296 g/mol. The molecule has 0 aromatic heterocycles. The molecular formula is C14H20N2O3S. The molecule has 0 bridgehead atoms. The quantitative estimate of drug-likeness (QED) is 0.744. The predicted octanol–water partition coefficient (Wildman–Crippen LogP) is 0.390. The van der Waals surface area contributed by atoms with Crippen LogP contribution in [-0.4, -0.2) is 44.1 Å². The zero-order valence-electron chi connectivity index (χ0n) is 11.5. The van der Waals surface area contributed by atoms with Gasteiger partial charge in [0.2, 0.25) is 10.0 Å². The highest BCUT2D eigenvalue weighted by Crippen LogP contribution is 2.16. The lowest BCUT2D eigenvalue weighted by Gasteiger charge is -2.20. The summed E-state index contributed by atoms with van der Waals surface area (Å²) in [5.74, 6) is 5.56. The van der Waals surface area contributed by atoms with Crippen molar-refractivity contribution in [3.05, 3.63) is 29.8 Å². The Hall–Kier alpha value is -1.39. The van der Waals surface area contributed by atoms with Crippen molar-refractivity contribution in [1.82, 2.24) is 4.31 Å². The van der Waals surface area contributed by atoms with Gasteiger partial charge in [0, 0.05) is 25.3 Å². The van der Waals surface area contributed by atoms with Crippen molar-refractivity contribution in [3.63, 3.8) is 0 Å². The SMILES string of the molecule is CCN(CCCO)S(=O)(=O)c1ccc(C#CCN)cc1. The van der Waals surface area contributed by atoms with Gasteiger partial charge in [-0.05, 0) is 30.7 Å². The lowest BCUT2D eigenvalue weighted by atomic mass is 10.2. The van der Waals surface area contributed by atoms with Crippen molar-refractivity contribution in [2.24, 2.45) is 5.73 Å². The van der Waals surface area contributed by atoms with Crippen LogP contribution in [0.3, 0.4) is 0 Å². The van der Waals surface area contributed by atoms with Crippen molar-refractivity contribution in [1.29, 1.82) is 0 Å². The van der Waals surface area contributed by atoms with E-state index < -0.39 is 10.0 Å². The fourth-order valence-corrected chi connectivity index (χ4v) is 3.20. The van der Waals surface area contributed by atoms with Gasteiger partial charge in [0.1, 0.15) is 0 Å². The lowest BCUT2D eigenvalue weighted by molar-refractivity contribution is 0.271. The summed E-state index contributed by atoms with van der Waals surface area (Å²) in [4.78, 5) is 0.232. The summed E-state index contributed by atoms with van der Waals surface area (Å²) < 4.78 is 26.1. The normalized spacial score (nSPS) is 11.2. The Morgan fingerprint density at radius 2 is 1.95 bits per heavy atom. The maximum absolute atomic E-state index is 12.4. The number of nitrogens with zero attached hydrogens (tertiary/aromatic N) is 1. The molecule has 0 radical (unpaired) electrons. The Kier molecular flexibility index (Phi) is 6.68. The van der Waals surface area contributed by atoms with E-state index in [9.17, 15) is 8.42 Å². The Balaban J connectivity index is 2.96. The van der Waals surface area contributed by atoms with Crippen LogP contribution in [0.25, 0.3) is 0 Å². The van der Waals surface area contributed by atoms with Crippen LogP contribution in [0.4, 0.5) is 0 Å². The summed E-state index contributed by atoms with van der Waals surface area (Å²) in [6, 6.07) is 6.40. The molecule has 20 heavy (non-hydrogen) atoms. The predicted molar refractivity (Wildman–Crippen MR) is 78.5 cm³/mol. The molecule has 3 N–H and O–H groups in total. The summed E-state index contributed by atoms with van der Waals surface area (Å²) in [6.45, 7) is 2.70. The van der Waals surface area contributed by atoms with Crippen molar-refractivity contribution in [2.75, 3.05) is 26.2 Å². The lowest BCUT2D eigenvalue weighted by Crippen LogP contribution is -2.32. The third-order valence-corrected chi connectivity index (χ3v) is 4.73. The molecule has 0 heterocycles. The fraction of sp³-hybridized carbons (Fsp3) is 0.429. The minimum absolute atomic E-state index is 0.0281. The van der Waals surface area contributed by atoms with E-state index in [1.807, 2.05) is 0 Å². The minimum atomic E-state index is -3.51. The fourth-order valence-electron chi connectivity index (χ4n) is 1.71. The number of sulfonamides is 1. The molecule has 0 aliphatic rings. The van der Waals surface area contributed by atoms with E-state index in [-0.39, 0.29) is 18.0 Å². The third kappa shape index (κ3) is 4.32. The Morgan fingerprint density at radius 3 is 2.45 bits per heavy atom. The average Bonchev–Trinajstić information content (AvgIpc) is 2.46. The molecule has 6 heteroatoms. The number of hydrogen-bond acceptors (Lipinski definition) is 4. The van der Waals surface area contributed by atoms with Crippen LogP contribution in [-0.2, 0) is 10.0 Å². The minimum Gasteiger partial charge on any atom is -0.396 e. The molecule has 5 nitrogen and oxygen atoms in total. The molecule has 110 valence electrons. The molecular weight excluding hydrogens is 276 g/mol. The van der Waals surface area contributed by atoms with Gasteiger partial charge in [-0.25, -0.2) is 8.42 Å². The van der Waals surface area contributed by atoms with Gasteiger partial charge in [-0.15, -0.1) is 0 Å². The van der Waals surface area contributed by atoms with Gasteiger partial charge in [-0.2, -0.15) is 4.31 Å². The highest BCUT2D eigenvalue weighted by Gasteiger charge is 2.22. The number of rotatable bonds is 6. The van der Waals surface area contributed by atoms with Gasteiger partial charge in [0.05, 0.1) is 11.4 Å². The Morgan fingerprint density at radius 1 is 1.30 bits per heavy atom. The van der Waals surface area contributed by atoms with E-state index in [1.54, 1.807) is 19.1 Å². The average molecular weight is 296 g/mol. The molecule has 0 amide bonds. The smallest absolute Gasteiger partial charge is 0.243 e. The molecule has 0 saturated heterocycles. The molecule has 1 aromatic rings. The van der Waals surface area contributed by atoms with Crippen LogP contribution in [0.5, 0.6) is 0 Å². The summed E-state index contributed by atoms with van der Waals surface area (Å²) in [7, 11) is -3.51. The maximum atomic E-state index is 12.4. The maximum Gasteiger partial charge on any atom is 0.243 e. The first-order chi connectivity index (χ1) is 9.56. The molecule has 0 unspecified atom stereocenters. The molecule has 0 atom stereocenters.